The van der Waals surface area contributed by atoms with Gasteiger partial charge in [-0.15, -0.1) is 0 Å². The molecule has 11 heteroatoms. The largest absolute Gasteiger partial charge is 0.459 e. The molecular formula is C29H54N2O9. The molecule has 0 aromatic heterocycles. The first-order valence-electron chi connectivity index (χ1n) is 14.8. The van der Waals surface area contributed by atoms with Crippen LogP contribution in [0.4, 0.5) is 0 Å². The van der Waals surface area contributed by atoms with Crippen LogP contribution in [0, 0.1) is 17.8 Å². The van der Waals surface area contributed by atoms with Gasteiger partial charge in [-0.05, 0) is 67.6 Å². The molecule has 3 aliphatic rings. The highest BCUT2D eigenvalue weighted by molar-refractivity contribution is 5.73. The van der Waals surface area contributed by atoms with Crippen LogP contribution in [0.1, 0.15) is 67.7 Å². The molecule has 0 saturated carbocycles. The molecular weight excluding hydrogens is 520 g/mol. The molecule has 14 atom stereocenters. The van der Waals surface area contributed by atoms with Gasteiger partial charge < -0.3 is 49.2 Å². The average Bonchev–Trinajstić information content (AvgIpc) is 3.66. The van der Waals surface area contributed by atoms with Gasteiger partial charge in [0.25, 0.3) is 0 Å². The van der Waals surface area contributed by atoms with Crippen LogP contribution >= 0.6 is 0 Å². The van der Waals surface area contributed by atoms with Gasteiger partial charge in [0.2, 0.25) is 0 Å². The Morgan fingerprint density at radius 2 is 1.70 bits per heavy atom. The number of epoxide rings is 1. The quantitative estimate of drug-likeness (QED) is 0.281. The highest BCUT2D eigenvalue weighted by Crippen LogP contribution is 2.40. The predicted octanol–water partition coefficient (Wildman–Crippen LogP) is 0.951. The van der Waals surface area contributed by atoms with Crippen molar-refractivity contribution >= 4 is 5.97 Å². The SMILES string of the molecule is CC[C@H]1OC(=O)[C@H](C)[C@@H](O[C@H]2CC(N(C)C)C3O[C@H]3O2)[C@H](C)[C@@H](O)[C@](C)(O)C[C@@H](C)N(C)C[C@H](C)[C@@H](O)[C@]1(C)O. The number of esters is 1. The minimum Gasteiger partial charge on any atom is -0.459 e. The maximum Gasteiger partial charge on any atom is 0.311 e. The number of carbonyl (C=O) groups excluding carboxylic acids is 1. The van der Waals surface area contributed by atoms with E-state index >= 15 is 0 Å². The van der Waals surface area contributed by atoms with Crippen molar-refractivity contribution in [1.82, 2.24) is 9.80 Å². The van der Waals surface area contributed by atoms with Gasteiger partial charge in [0.1, 0.15) is 17.8 Å². The third kappa shape index (κ3) is 7.18. The number of aliphatic hydroxyl groups excluding tert-OH is 2. The number of carbonyl (C=O) groups is 1. The van der Waals surface area contributed by atoms with Gasteiger partial charge in [-0.25, -0.2) is 0 Å². The van der Waals surface area contributed by atoms with Gasteiger partial charge >= 0.3 is 5.97 Å². The zero-order chi connectivity index (χ0) is 30.3. The molecule has 40 heavy (non-hydrogen) atoms. The molecule has 3 fully saturated rings. The minimum atomic E-state index is -1.70. The van der Waals surface area contributed by atoms with Crippen molar-refractivity contribution in [3.63, 3.8) is 0 Å². The Kier molecular flexibility index (Phi) is 10.7. The molecule has 234 valence electrons. The molecule has 3 heterocycles. The molecule has 0 bridgehead atoms. The van der Waals surface area contributed by atoms with E-state index in [1.54, 1.807) is 27.7 Å². The number of hydrogen-bond acceptors (Lipinski definition) is 11. The molecule has 0 spiro atoms. The summed E-state index contributed by atoms with van der Waals surface area (Å²) in [4.78, 5) is 17.6. The number of hydrogen-bond donors (Lipinski definition) is 4. The molecule has 0 aromatic rings. The summed E-state index contributed by atoms with van der Waals surface area (Å²) in [5, 5.41) is 45.6. The molecule has 3 saturated heterocycles. The molecule has 2 unspecified atom stereocenters. The molecule has 0 aliphatic carbocycles. The summed E-state index contributed by atoms with van der Waals surface area (Å²) >= 11 is 0. The number of ether oxygens (including phenoxy) is 4. The second-order valence-corrected chi connectivity index (χ2v) is 13.3. The van der Waals surface area contributed by atoms with Crippen LogP contribution < -0.4 is 0 Å². The van der Waals surface area contributed by atoms with Crippen LogP contribution in [0.2, 0.25) is 0 Å². The van der Waals surface area contributed by atoms with Crippen LogP contribution in [0.3, 0.4) is 0 Å². The van der Waals surface area contributed by atoms with Crippen molar-refractivity contribution in [1.29, 1.82) is 0 Å². The number of rotatable bonds is 4. The molecule has 0 radical (unpaired) electrons. The van der Waals surface area contributed by atoms with Gasteiger partial charge in [0.15, 0.2) is 12.6 Å². The van der Waals surface area contributed by atoms with Crippen molar-refractivity contribution in [3.05, 3.63) is 0 Å². The Morgan fingerprint density at radius 3 is 2.27 bits per heavy atom. The standard InChI is InChI=1S/C29H54N2O9/c1-11-20-29(7,36)24(32)15(2)14-31(10)16(3)13-28(6,35)25(33)17(4)22(18(5)26(34)37-20)38-21-12-19(30(8)9)23-27(39-21)40-23/h15-25,27,32-33,35-36H,11-14H2,1-10H3/t15-,16+,17-,18+,19?,20+,21+,22-,23?,24+,25+,27+,28+,29+/m0/s1. The van der Waals surface area contributed by atoms with Gasteiger partial charge in [-0.2, -0.15) is 0 Å². The Labute approximate surface area is 239 Å². The van der Waals surface area contributed by atoms with Gasteiger partial charge in [0.05, 0.1) is 29.8 Å². The van der Waals surface area contributed by atoms with Crippen LogP contribution in [0.15, 0.2) is 0 Å². The lowest BCUT2D eigenvalue weighted by molar-refractivity contribution is -0.241. The summed E-state index contributed by atoms with van der Waals surface area (Å²) in [7, 11) is 5.81. The second kappa shape index (κ2) is 12.8. The van der Waals surface area contributed by atoms with E-state index in [9.17, 15) is 25.2 Å². The number of aliphatic hydroxyl groups is 4. The molecule has 3 aliphatic heterocycles. The second-order valence-electron chi connectivity index (χ2n) is 13.3. The fourth-order valence-corrected chi connectivity index (χ4v) is 6.61. The molecule has 11 nitrogen and oxygen atoms in total. The smallest absolute Gasteiger partial charge is 0.311 e. The van der Waals surface area contributed by atoms with Crippen LogP contribution in [0.25, 0.3) is 0 Å². The lowest BCUT2D eigenvalue weighted by atomic mass is 9.79. The summed E-state index contributed by atoms with van der Waals surface area (Å²) < 4.78 is 23.9. The number of likely N-dealkylation sites (N-methyl/N-ethyl adjacent to an activating group) is 1. The predicted molar refractivity (Wildman–Crippen MR) is 148 cm³/mol. The zero-order valence-electron chi connectivity index (χ0n) is 26.0. The average molecular weight is 575 g/mol. The van der Waals surface area contributed by atoms with Crippen LogP contribution in [0.5, 0.6) is 0 Å². The monoisotopic (exact) mass is 574 g/mol. The lowest BCUT2D eigenvalue weighted by Crippen LogP contribution is -2.56. The first kappa shape index (κ1) is 33.6. The molecule has 4 N–H and O–H groups in total. The van der Waals surface area contributed by atoms with E-state index < -0.39 is 66.0 Å². The Morgan fingerprint density at radius 1 is 1.07 bits per heavy atom. The van der Waals surface area contributed by atoms with Crippen molar-refractivity contribution in [2.75, 3.05) is 27.7 Å². The van der Waals surface area contributed by atoms with Crippen molar-refractivity contribution in [2.45, 2.75) is 134 Å². The lowest BCUT2D eigenvalue weighted by Gasteiger charge is -2.42. The third-order valence-corrected chi connectivity index (χ3v) is 9.53. The van der Waals surface area contributed by atoms with Gasteiger partial charge in [0, 0.05) is 31.0 Å². The molecule has 3 rings (SSSR count). The van der Waals surface area contributed by atoms with E-state index in [1.807, 2.05) is 39.9 Å². The van der Waals surface area contributed by atoms with Crippen molar-refractivity contribution in [2.24, 2.45) is 17.8 Å². The van der Waals surface area contributed by atoms with Crippen LogP contribution in [-0.2, 0) is 23.7 Å². The fourth-order valence-electron chi connectivity index (χ4n) is 6.61. The number of nitrogens with zero attached hydrogens (tertiary/aromatic N) is 2. The summed E-state index contributed by atoms with van der Waals surface area (Å²) in [6.45, 7) is 12.5. The van der Waals surface area contributed by atoms with Gasteiger partial charge in [-0.3, -0.25) is 4.79 Å². The van der Waals surface area contributed by atoms with E-state index in [2.05, 4.69) is 4.90 Å². The molecule has 0 amide bonds. The van der Waals surface area contributed by atoms with E-state index in [0.29, 0.717) is 13.0 Å². The topological polar surface area (TPSA) is 145 Å². The summed E-state index contributed by atoms with van der Waals surface area (Å²) in [6, 6.07) is -0.0965. The van der Waals surface area contributed by atoms with Crippen molar-refractivity contribution in [3.8, 4) is 0 Å². The van der Waals surface area contributed by atoms with Crippen LogP contribution in [-0.4, -0.2) is 130 Å². The highest BCUT2D eigenvalue weighted by Gasteiger charge is 2.54. The summed E-state index contributed by atoms with van der Waals surface area (Å²) in [5.74, 6) is -2.57. The fraction of sp³-hybridized carbons (Fsp3) is 0.966. The first-order chi connectivity index (χ1) is 18.4. The maximum absolute atomic E-state index is 13.6. The van der Waals surface area contributed by atoms with E-state index in [0.717, 1.165) is 0 Å². The normalized spacial score (nSPS) is 50.0. The van der Waals surface area contributed by atoms with Crippen molar-refractivity contribution < 1.29 is 44.2 Å². The number of cyclic esters (lactones) is 1. The van der Waals surface area contributed by atoms with E-state index in [-0.39, 0.29) is 36.9 Å². The minimum absolute atomic E-state index is 0.0336. The van der Waals surface area contributed by atoms with E-state index in [4.69, 9.17) is 18.9 Å². The summed E-state index contributed by atoms with van der Waals surface area (Å²) in [5.41, 5.74) is -3.22. The Bertz CT molecular complexity index is 855. The third-order valence-electron chi connectivity index (χ3n) is 9.53. The Balaban J connectivity index is 1.96. The van der Waals surface area contributed by atoms with E-state index in [1.165, 1.54) is 6.92 Å². The highest BCUT2D eigenvalue weighted by atomic mass is 16.8. The first-order valence-corrected chi connectivity index (χ1v) is 14.8. The maximum atomic E-state index is 13.6. The summed E-state index contributed by atoms with van der Waals surface area (Å²) in [6.07, 6.45) is -4.37. The Hall–Kier alpha value is -0.890. The van der Waals surface area contributed by atoms with Gasteiger partial charge in [-0.1, -0.05) is 20.8 Å². The zero-order valence-corrected chi connectivity index (χ0v) is 26.0. The molecule has 0 aromatic carbocycles. The number of fused-ring (bicyclic) bond motifs is 1.